The minimum atomic E-state index is -3.83. The van der Waals surface area contributed by atoms with Gasteiger partial charge in [-0.1, -0.05) is 12.1 Å². The molecule has 0 radical (unpaired) electrons. The summed E-state index contributed by atoms with van der Waals surface area (Å²) in [5, 5.41) is 57.3. The maximum atomic E-state index is 11.4. The van der Waals surface area contributed by atoms with Gasteiger partial charge in [0.05, 0.1) is 28.8 Å². The van der Waals surface area contributed by atoms with Gasteiger partial charge >= 0.3 is 0 Å². The highest BCUT2D eigenvalue weighted by Crippen LogP contribution is 2.12. The molecule has 0 fully saturated rings. The summed E-state index contributed by atoms with van der Waals surface area (Å²) in [5.74, 6) is -5.85. The minimum Gasteiger partial charge on any atom is -0.549 e. The Balaban J connectivity index is 2.11. The average molecular weight is 624 g/mol. The molecule has 0 aliphatic rings. The van der Waals surface area contributed by atoms with E-state index in [9.17, 15) is 48.0 Å². The van der Waals surface area contributed by atoms with Crippen molar-refractivity contribution < 1.29 is 48.0 Å². The number of nitrogens with zero attached hydrogens (tertiary/aromatic N) is 5. The maximum absolute atomic E-state index is 11.4. The molecule has 0 amide bonds. The standard InChI is InChI=1S/C23H33N9O10S/c24-43(41,42)16-3-1-15(2-4-16)5-6-25-21-28-22(26-7-9-31(11-17(33)34)12-18(35)36)30-23(29-21)27-8-10-32(13-19(37)38)14-20(39)40/h1-4H,5-14H2,(H,33,34)(H,35,36)(H,37,38)(H,39,40)(H2,24,41,42)(H3,25,26,27,28,29,30)/p-4. The molecule has 0 unspecified atom stereocenters. The number of hydrogen-bond acceptors (Lipinski definition) is 18. The lowest BCUT2D eigenvalue weighted by molar-refractivity contribution is -0.312. The summed E-state index contributed by atoms with van der Waals surface area (Å²) in [6, 6.07) is 5.91. The largest absolute Gasteiger partial charge is 0.549 e. The first-order chi connectivity index (χ1) is 20.2. The second-order valence-electron chi connectivity index (χ2n) is 8.93. The molecule has 236 valence electrons. The fourth-order valence-corrected chi connectivity index (χ4v) is 4.10. The summed E-state index contributed by atoms with van der Waals surface area (Å²) in [5.41, 5.74) is 0.771. The van der Waals surface area contributed by atoms with Crippen LogP contribution in [0.3, 0.4) is 0 Å². The number of nitrogens with two attached hydrogens (primary N) is 1. The van der Waals surface area contributed by atoms with E-state index in [1.54, 1.807) is 12.1 Å². The van der Waals surface area contributed by atoms with E-state index in [-0.39, 0.29) is 55.5 Å². The predicted molar refractivity (Wildman–Crippen MR) is 140 cm³/mol. The molecule has 0 saturated carbocycles. The zero-order valence-electron chi connectivity index (χ0n) is 22.7. The van der Waals surface area contributed by atoms with Crippen molar-refractivity contribution in [2.75, 3.05) is 74.9 Å². The number of primary sulfonamides is 1. The minimum absolute atomic E-state index is 0.000633. The Kier molecular flexibility index (Phi) is 13.4. The SMILES string of the molecule is NS(=O)(=O)c1ccc(CCNc2nc(NCCN(CC(=O)[O-])CC(=O)[O-])nc(NCCN(CC(=O)[O-])CC(=O)[O-])n2)cc1. The molecule has 1 heterocycles. The lowest BCUT2D eigenvalue weighted by Gasteiger charge is -2.23. The van der Waals surface area contributed by atoms with Crippen LogP contribution in [-0.4, -0.2) is 116 Å². The quantitative estimate of drug-likeness (QED) is 0.100. The Morgan fingerprint density at radius 1 is 0.651 bits per heavy atom. The van der Waals surface area contributed by atoms with Crippen molar-refractivity contribution in [1.82, 2.24) is 24.8 Å². The van der Waals surface area contributed by atoms with Gasteiger partial charge in [0.1, 0.15) is 0 Å². The van der Waals surface area contributed by atoms with Crippen molar-refractivity contribution in [1.29, 1.82) is 0 Å². The normalized spacial score (nSPS) is 11.3. The van der Waals surface area contributed by atoms with E-state index in [0.29, 0.717) is 6.42 Å². The predicted octanol–water partition coefficient (Wildman–Crippen LogP) is -7.40. The van der Waals surface area contributed by atoms with E-state index in [1.807, 2.05) is 0 Å². The highest BCUT2D eigenvalue weighted by Gasteiger charge is 2.11. The average Bonchev–Trinajstić information content (AvgIpc) is 2.87. The third kappa shape index (κ3) is 14.2. The molecule has 0 aliphatic carbocycles. The summed E-state index contributed by atoms with van der Waals surface area (Å²) >= 11 is 0. The fraction of sp³-hybridized carbons (Fsp3) is 0.435. The van der Waals surface area contributed by atoms with Gasteiger partial charge in [0, 0.05) is 58.9 Å². The molecule has 5 N–H and O–H groups in total. The van der Waals surface area contributed by atoms with Gasteiger partial charge in [-0.15, -0.1) is 0 Å². The first-order valence-electron chi connectivity index (χ1n) is 12.5. The molecule has 0 aliphatic heterocycles. The fourth-order valence-electron chi connectivity index (χ4n) is 3.59. The summed E-state index contributed by atoms with van der Waals surface area (Å²) in [7, 11) is -3.83. The first kappa shape index (κ1) is 34.5. The molecule has 20 heteroatoms. The van der Waals surface area contributed by atoms with Crippen molar-refractivity contribution >= 4 is 51.7 Å². The van der Waals surface area contributed by atoms with E-state index in [1.165, 1.54) is 12.1 Å². The smallest absolute Gasteiger partial charge is 0.238 e. The number of aromatic nitrogens is 3. The number of carboxylic acid groups (broad SMARTS) is 4. The zero-order valence-corrected chi connectivity index (χ0v) is 23.5. The number of sulfonamides is 1. The third-order valence-electron chi connectivity index (χ3n) is 5.42. The van der Waals surface area contributed by atoms with Crippen molar-refractivity contribution in [2.45, 2.75) is 11.3 Å². The van der Waals surface area contributed by atoms with Gasteiger partial charge in [0.15, 0.2) is 0 Å². The van der Waals surface area contributed by atoms with E-state index >= 15 is 0 Å². The number of carboxylic acids is 4. The Morgan fingerprint density at radius 2 is 1.00 bits per heavy atom. The lowest BCUT2D eigenvalue weighted by atomic mass is 10.1. The Bertz CT molecular complexity index is 1280. The van der Waals surface area contributed by atoms with Gasteiger partial charge in [-0.3, -0.25) is 9.80 Å². The monoisotopic (exact) mass is 623 g/mol. The number of aliphatic carboxylic acids is 4. The zero-order chi connectivity index (χ0) is 32.0. The molecule has 19 nitrogen and oxygen atoms in total. The summed E-state index contributed by atoms with van der Waals surface area (Å²) < 4.78 is 22.9. The van der Waals surface area contributed by atoms with E-state index in [4.69, 9.17) is 5.14 Å². The summed E-state index contributed by atoms with van der Waals surface area (Å²) in [6.45, 7) is -2.44. The molecule has 0 spiro atoms. The number of carbonyl (C=O) groups excluding carboxylic acids is 4. The molecular weight excluding hydrogens is 594 g/mol. The van der Waals surface area contributed by atoms with E-state index in [0.717, 1.165) is 15.4 Å². The molecule has 2 rings (SSSR count). The molecule has 1 aromatic carbocycles. The van der Waals surface area contributed by atoms with Crippen molar-refractivity contribution in [3.63, 3.8) is 0 Å². The number of carbonyl (C=O) groups is 4. The third-order valence-corrected chi connectivity index (χ3v) is 6.35. The van der Waals surface area contributed by atoms with Crippen LogP contribution in [-0.2, 0) is 35.6 Å². The van der Waals surface area contributed by atoms with Crippen molar-refractivity contribution in [3.05, 3.63) is 29.8 Å². The Labute approximate surface area is 245 Å². The van der Waals surface area contributed by atoms with Gasteiger partial charge in [-0.25, -0.2) is 13.6 Å². The van der Waals surface area contributed by atoms with Crippen LogP contribution in [0.4, 0.5) is 17.8 Å². The highest BCUT2D eigenvalue weighted by atomic mass is 32.2. The maximum Gasteiger partial charge on any atom is 0.238 e. The Morgan fingerprint density at radius 3 is 1.33 bits per heavy atom. The van der Waals surface area contributed by atoms with Crippen LogP contribution < -0.4 is 41.5 Å². The van der Waals surface area contributed by atoms with Crippen LogP contribution in [0, 0.1) is 0 Å². The Hall–Kier alpha value is -4.66. The van der Waals surface area contributed by atoms with Crippen LogP contribution in [0.25, 0.3) is 0 Å². The number of anilines is 3. The van der Waals surface area contributed by atoms with Crippen LogP contribution in [0.1, 0.15) is 5.56 Å². The van der Waals surface area contributed by atoms with Crippen LogP contribution in [0.5, 0.6) is 0 Å². The van der Waals surface area contributed by atoms with Crippen LogP contribution in [0.2, 0.25) is 0 Å². The number of rotatable bonds is 21. The van der Waals surface area contributed by atoms with Gasteiger partial charge in [-0.2, -0.15) is 15.0 Å². The number of hydrogen-bond donors (Lipinski definition) is 4. The molecule has 0 saturated heterocycles. The second-order valence-corrected chi connectivity index (χ2v) is 10.5. The molecule has 2 aromatic rings. The van der Waals surface area contributed by atoms with Gasteiger partial charge < -0.3 is 55.6 Å². The summed E-state index contributed by atoms with van der Waals surface area (Å²) in [6.07, 6.45) is 0.422. The molecule has 43 heavy (non-hydrogen) atoms. The van der Waals surface area contributed by atoms with E-state index in [2.05, 4.69) is 30.9 Å². The summed E-state index contributed by atoms with van der Waals surface area (Å²) in [4.78, 5) is 58.3. The first-order valence-corrected chi connectivity index (χ1v) is 14.1. The molecule has 0 bridgehead atoms. The van der Waals surface area contributed by atoms with Crippen molar-refractivity contribution in [3.8, 4) is 0 Å². The van der Waals surface area contributed by atoms with Gasteiger partial charge in [-0.05, 0) is 24.1 Å². The van der Waals surface area contributed by atoms with Gasteiger partial charge in [0.2, 0.25) is 27.9 Å². The lowest BCUT2D eigenvalue weighted by Crippen LogP contribution is -2.45. The van der Waals surface area contributed by atoms with Gasteiger partial charge in [0.25, 0.3) is 0 Å². The van der Waals surface area contributed by atoms with E-state index < -0.39 is 60.1 Å². The molecule has 1 aromatic heterocycles. The van der Waals surface area contributed by atoms with Crippen LogP contribution in [0.15, 0.2) is 29.2 Å². The highest BCUT2D eigenvalue weighted by molar-refractivity contribution is 7.89. The van der Waals surface area contributed by atoms with Crippen LogP contribution >= 0.6 is 0 Å². The number of benzene rings is 1. The van der Waals surface area contributed by atoms with Crippen molar-refractivity contribution in [2.24, 2.45) is 5.14 Å². The molecule has 0 atom stereocenters. The second kappa shape index (κ2) is 16.7. The molecular formula is C23H29N9O10S-4. The topological polar surface area (TPSA) is 302 Å². The number of nitrogens with one attached hydrogen (secondary N) is 3.